The maximum atomic E-state index is 5.43. The lowest BCUT2D eigenvalue weighted by atomic mass is 9.88. The highest BCUT2D eigenvalue weighted by Crippen LogP contribution is 2.35. The van der Waals surface area contributed by atoms with Gasteiger partial charge in [-0.3, -0.25) is 10.0 Å². The molecule has 6 nitrogen and oxygen atoms in total. The van der Waals surface area contributed by atoms with Crippen LogP contribution in [0.25, 0.3) is 0 Å². The minimum Gasteiger partial charge on any atom is -0.363 e. The molecule has 0 aliphatic carbocycles. The van der Waals surface area contributed by atoms with Gasteiger partial charge in [0.15, 0.2) is 5.54 Å². The molecule has 0 aromatic rings. The van der Waals surface area contributed by atoms with E-state index in [9.17, 15) is 0 Å². The molecule has 1 fully saturated rings. The predicted octanol–water partition coefficient (Wildman–Crippen LogP) is 3.26. The molecule has 0 radical (unpaired) electrons. The Balaban J connectivity index is 1.63. The van der Waals surface area contributed by atoms with Crippen molar-refractivity contribution in [3.05, 3.63) is 85.1 Å². The molecule has 5 aliphatic rings. The molecule has 0 spiro atoms. The van der Waals surface area contributed by atoms with Crippen LogP contribution in [0.15, 0.2) is 95.0 Å². The standard InChI is InChI=1S/C24H28N6/c1-2-6-14-25-21(12-4-1)24(22-13-5-3-7-15-26-22)20-30(29-18-10-11-19-29)23(27-24)28-16-8-9-17-28/h1-8,12-16,26H,9-11,17-20H2/b2-1-,4-1?,6-2?,12-4-,14-6-,21-12?,25-14?,25-21+. The molecule has 1 N–H and O–H groups in total. The van der Waals surface area contributed by atoms with Gasteiger partial charge in [-0.05, 0) is 43.6 Å². The van der Waals surface area contributed by atoms with E-state index in [1.165, 1.54) is 12.8 Å². The van der Waals surface area contributed by atoms with Crippen molar-refractivity contribution in [3.8, 4) is 0 Å². The van der Waals surface area contributed by atoms with Crippen molar-refractivity contribution >= 4 is 11.7 Å². The van der Waals surface area contributed by atoms with Crippen LogP contribution in [-0.2, 0) is 0 Å². The predicted molar refractivity (Wildman–Crippen MR) is 122 cm³/mol. The zero-order valence-electron chi connectivity index (χ0n) is 17.2. The van der Waals surface area contributed by atoms with Crippen LogP contribution in [0, 0.1) is 0 Å². The van der Waals surface area contributed by atoms with Crippen LogP contribution in [0.1, 0.15) is 19.3 Å². The summed E-state index contributed by atoms with van der Waals surface area (Å²) in [6.45, 7) is 3.85. The lowest BCUT2D eigenvalue weighted by Crippen LogP contribution is -2.52. The number of guanidine groups is 1. The third-order valence-corrected chi connectivity index (χ3v) is 5.98. The molecule has 0 aromatic carbocycles. The second-order valence-corrected chi connectivity index (χ2v) is 7.93. The average molecular weight is 401 g/mol. The average Bonchev–Trinajstić information content (AvgIpc) is 3.46. The summed E-state index contributed by atoms with van der Waals surface area (Å²) in [4.78, 5) is 12.6. The van der Waals surface area contributed by atoms with Gasteiger partial charge >= 0.3 is 0 Å². The summed E-state index contributed by atoms with van der Waals surface area (Å²) in [6.07, 6.45) is 30.1. The zero-order chi connectivity index (χ0) is 20.2. The van der Waals surface area contributed by atoms with Gasteiger partial charge in [-0.25, -0.2) is 10.0 Å². The Kier molecular flexibility index (Phi) is 5.24. The third kappa shape index (κ3) is 3.48. The molecule has 1 unspecified atom stereocenters. The van der Waals surface area contributed by atoms with Crippen molar-refractivity contribution in [1.82, 2.24) is 20.2 Å². The highest BCUT2D eigenvalue weighted by atomic mass is 15.7. The molecule has 1 saturated heterocycles. The fraction of sp³-hybridized carbons (Fsp3) is 0.333. The Morgan fingerprint density at radius 3 is 2.67 bits per heavy atom. The van der Waals surface area contributed by atoms with E-state index in [2.05, 4.69) is 56.8 Å². The Bertz CT molecular complexity index is 939. The van der Waals surface area contributed by atoms with Gasteiger partial charge in [0.2, 0.25) is 5.96 Å². The second kappa shape index (κ2) is 8.32. The van der Waals surface area contributed by atoms with Crippen molar-refractivity contribution in [2.24, 2.45) is 9.98 Å². The molecular formula is C24H28N6. The summed E-state index contributed by atoms with van der Waals surface area (Å²) in [6, 6.07) is 0. The van der Waals surface area contributed by atoms with Crippen LogP contribution < -0.4 is 5.32 Å². The van der Waals surface area contributed by atoms with Crippen LogP contribution in [0.2, 0.25) is 0 Å². The molecule has 0 saturated carbocycles. The normalized spacial score (nSPS) is 33.3. The van der Waals surface area contributed by atoms with E-state index < -0.39 is 5.54 Å². The van der Waals surface area contributed by atoms with Gasteiger partial charge in [-0.2, -0.15) is 0 Å². The molecule has 154 valence electrons. The number of aliphatic imine (C=N–C) groups is 2. The summed E-state index contributed by atoms with van der Waals surface area (Å²) in [5, 5.41) is 8.34. The van der Waals surface area contributed by atoms with Crippen LogP contribution in [0.5, 0.6) is 0 Å². The summed E-state index contributed by atoms with van der Waals surface area (Å²) in [5.74, 6) is 1.02. The monoisotopic (exact) mass is 400 g/mol. The summed E-state index contributed by atoms with van der Waals surface area (Å²) in [5.41, 5.74) is 1.36. The highest BCUT2D eigenvalue weighted by Gasteiger charge is 2.49. The number of hydrogen-bond acceptors (Lipinski definition) is 6. The third-order valence-electron chi connectivity index (χ3n) is 5.98. The maximum Gasteiger partial charge on any atom is 0.217 e. The lowest BCUT2D eigenvalue weighted by Gasteiger charge is -2.35. The minimum atomic E-state index is -0.612. The SMILES string of the molecule is C1=CC=C(C2(C3=N/C=C\C=C/C=C\3)CN(N3CCCC3)C(N3C=CCC3)=N2)NC=C1. The van der Waals surface area contributed by atoms with Crippen LogP contribution in [0.4, 0.5) is 0 Å². The van der Waals surface area contributed by atoms with E-state index in [1.54, 1.807) is 0 Å². The van der Waals surface area contributed by atoms with Gasteiger partial charge in [0.05, 0.1) is 18.0 Å². The first-order chi connectivity index (χ1) is 14.9. The van der Waals surface area contributed by atoms with Crippen molar-refractivity contribution in [2.45, 2.75) is 24.8 Å². The van der Waals surface area contributed by atoms with Gasteiger partial charge in [0, 0.05) is 38.2 Å². The molecule has 0 amide bonds. The van der Waals surface area contributed by atoms with Crippen molar-refractivity contribution in [1.29, 1.82) is 0 Å². The van der Waals surface area contributed by atoms with E-state index >= 15 is 0 Å². The first-order valence-electron chi connectivity index (χ1n) is 10.8. The minimum absolute atomic E-state index is 0.612. The highest BCUT2D eigenvalue weighted by molar-refractivity contribution is 6.09. The van der Waals surface area contributed by atoms with Gasteiger partial charge in [0.25, 0.3) is 0 Å². The van der Waals surface area contributed by atoms with Gasteiger partial charge in [0.1, 0.15) is 0 Å². The summed E-state index contributed by atoms with van der Waals surface area (Å²) < 4.78 is 0. The number of nitrogens with zero attached hydrogens (tertiary/aromatic N) is 5. The van der Waals surface area contributed by atoms with E-state index in [4.69, 9.17) is 9.98 Å². The molecule has 0 bridgehead atoms. The Morgan fingerprint density at radius 2 is 1.80 bits per heavy atom. The molecule has 30 heavy (non-hydrogen) atoms. The maximum absolute atomic E-state index is 5.43. The van der Waals surface area contributed by atoms with E-state index in [0.717, 1.165) is 50.0 Å². The van der Waals surface area contributed by atoms with Gasteiger partial charge < -0.3 is 10.2 Å². The quantitative estimate of drug-likeness (QED) is 0.790. The molecule has 5 rings (SSSR count). The largest absolute Gasteiger partial charge is 0.363 e. The van der Waals surface area contributed by atoms with Crippen molar-refractivity contribution in [2.75, 3.05) is 26.2 Å². The number of rotatable bonds is 3. The van der Waals surface area contributed by atoms with Crippen LogP contribution >= 0.6 is 0 Å². The second-order valence-electron chi connectivity index (χ2n) is 7.93. The first-order valence-corrected chi connectivity index (χ1v) is 10.8. The lowest BCUT2D eigenvalue weighted by molar-refractivity contribution is 0.0675. The Morgan fingerprint density at radius 1 is 0.933 bits per heavy atom. The molecule has 5 heterocycles. The molecule has 6 heteroatoms. The Hall–Kier alpha value is -3.12. The summed E-state index contributed by atoms with van der Waals surface area (Å²) in [7, 11) is 0. The topological polar surface area (TPSA) is 46.5 Å². The zero-order valence-corrected chi connectivity index (χ0v) is 17.2. The molecule has 1 atom stereocenters. The van der Waals surface area contributed by atoms with Gasteiger partial charge in [-0.1, -0.05) is 36.5 Å². The number of nitrogens with one attached hydrogen (secondary N) is 1. The molecule has 5 aliphatic heterocycles. The number of allylic oxidation sites excluding steroid dienone is 8. The number of hydrazine groups is 1. The van der Waals surface area contributed by atoms with Crippen molar-refractivity contribution in [3.63, 3.8) is 0 Å². The fourth-order valence-corrected chi connectivity index (χ4v) is 4.46. The van der Waals surface area contributed by atoms with E-state index in [1.807, 2.05) is 42.8 Å². The summed E-state index contributed by atoms with van der Waals surface area (Å²) >= 11 is 0. The van der Waals surface area contributed by atoms with Crippen molar-refractivity contribution < 1.29 is 0 Å². The first kappa shape index (κ1) is 18.9. The van der Waals surface area contributed by atoms with Crippen LogP contribution in [0.3, 0.4) is 0 Å². The van der Waals surface area contributed by atoms with E-state index in [-0.39, 0.29) is 0 Å². The number of hydrogen-bond donors (Lipinski definition) is 1. The van der Waals surface area contributed by atoms with E-state index in [0.29, 0.717) is 0 Å². The Labute approximate surface area is 178 Å². The fourth-order valence-electron chi connectivity index (χ4n) is 4.46. The smallest absolute Gasteiger partial charge is 0.217 e. The van der Waals surface area contributed by atoms with Gasteiger partial charge in [-0.15, -0.1) is 0 Å². The molecule has 0 aromatic heterocycles. The molecular weight excluding hydrogens is 372 g/mol. The van der Waals surface area contributed by atoms with Crippen LogP contribution in [-0.4, -0.2) is 58.3 Å².